The molecule has 142 valence electrons. The van der Waals surface area contributed by atoms with Crippen molar-refractivity contribution in [1.82, 2.24) is 4.98 Å². The summed E-state index contributed by atoms with van der Waals surface area (Å²) in [5.74, 6) is 0.225. The Bertz CT molecular complexity index is 984. The lowest BCUT2D eigenvalue weighted by Gasteiger charge is -2.12. The Balaban J connectivity index is 1.80. The standard InChI is InChI=1S/C22H21N3O3/c1-3-28-20-9-5-4-7-18(20)25-22(27)17-12-10-16(11-13-17)21-19(24-15(2)26)8-6-14-23-21/h4-14H,3H2,1-2H3,(H,24,26)(H,25,27). The zero-order valence-electron chi connectivity index (χ0n) is 15.7. The molecule has 3 rings (SSSR count). The fourth-order valence-corrected chi connectivity index (χ4v) is 2.75. The lowest BCUT2D eigenvalue weighted by Crippen LogP contribution is -2.13. The second-order valence-corrected chi connectivity index (χ2v) is 6.04. The molecule has 0 aliphatic heterocycles. The van der Waals surface area contributed by atoms with E-state index in [1.165, 1.54) is 6.92 Å². The van der Waals surface area contributed by atoms with Gasteiger partial charge in [-0.05, 0) is 43.3 Å². The average molecular weight is 375 g/mol. The lowest BCUT2D eigenvalue weighted by atomic mass is 10.1. The highest BCUT2D eigenvalue weighted by Gasteiger charge is 2.12. The molecular formula is C22H21N3O3. The number of hydrogen-bond donors (Lipinski definition) is 2. The molecule has 1 heterocycles. The van der Waals surface area contributed by atoms with Crippen molar-refractivity contribution in [3.63, 3.8) is 0 Å². The molecule has 2 aromatic carbocycles. The number of aromatic nitrogens is 1. The maximum absolute atomic E-state index is 12.6. The minimum Gasteiger partial charge on any atom is -0.492 e. The first-order valence-electron chi connectivity index (χ1n) is 8.94. The van der Waals surface area contributed by atoms with E-state index in [-0.39, 0.29) is 11.8 Å². The summed E-state index contributed by atoms with van der Waals surface area (Å²) < 4.78 is 5.54. The number of rotatable bonds is 6. The molecule has 28 heavy (non-hydrogen) atoms. The van der Waals surface area contributed by atoms with Gasteiger partial charge in [0.15, 0.2) is 0 Å². The zero-order valence-corrected chi connectivity index (χ0v) is 15.7. The van der Waals surface area contributed by atoms with Crippen LogP contribution < -0.4 is 15.4 Å². The topological polar surface area (TPSA) is 80.3 Å². The van der Waals surface area contributed by atoms with E-state index in [2.05, 4.69) is 15.6 Å². The predicted molar refractivity (Wildman–Crippen MR) is 110 cm³/mol. The molecule has 0 aliphatic rings. The van der Waals surface area contributed by atoms with Crippen molar-refractivity contribution in [2.24, 2.45) is 0 Å². The van der Waals surface area contributed by atoms with E-state index in [0.717, 1.165) is 5.56 Å². The van der Waals surface area contributed by atoms with E-state index < -0.39 is 0 Å². The molecule has 0 radical (unpaired) electrons. The molecule has 2 N–H and O–H groups in total. The first kappa shape index (κ1) is 19.1. The molecule has 0 aliphatic carbocycles. The van der Waals surface area contributed by atoms with Gasteiger partial charge in [-0.25, -0.2) is 0 Å². The van der Waals surface area contributed by atoms with Crippen molar-refractivity contribution in [2.75, 3.05) is 17.2 Å². The molecule has 2 amide bonds. The fraction of sp³-hybridized carbons (Fsp3) is 0.136. The van der Waals surface area contributed by atoms with Crippen molar-refractivity contribution in [3.05, 3.63) is 72.4 Å². The van der Waals surface area contributed by atoms with E-state index in [9.17, 15) is 9.59 Å². The van der Waals surface area contributed by atoms with Crippen molar-refractivity contribution < 1.29 is 14.3 Å². The van der Waals surface area contributed by atoms with Gasteiger partial charge in [-0.1, -0.05) is 24.3 Å². The molecule has 6 nitrogen and oxygen atoms in total. The lowest BCUT2D eigenvalue weighted by molar-refractivity contribution is -0.114. The molecular weight excluding hydrogens is 354 g/mol. The summed E-state index contributed by atoms with van der Waals surface area (Å²) in [6, 6.07) is 17.9. The summed E-state index contributed by atoms with van der Waals surface area (Å²) in [6.45, 7) is 3.86. The van der Waals surface area contributed by atoms with Crippen LogP contribution >= 0.6 is 0 Å². The number of hydrogen-bond acceptors (Lipinski definition) is 4. The van der Waals surface area contributed by atoms with E-state index in [1.54, 1.807) is 48.7 Å². The highest BCUT2D eigenvalue weighted by Crippen LogP contribution is 2.27. The summed E-state index contributed by atoms with van der Waals surface area (Å²) in [5, 5.41) is 5.64. The minimum atomic E-state index is -0.234. The van der Waals surface area contributed by atoms with E-state index in [4.69, 9.17) is 4.74 Å². The van der Waals surface area contributed by atoms with Gasteiger partial charge in [0.25, 0.3) is 5.91 Å². The zero-order chi connectivity index (χ0) is 19.9. The normalized spacial score (nSPS) is 10.2. The van der Waals surface area contributed by atoms with Crippen LogP contribution in [-0.4, -0.2) is 23.4 Å². The molecule has 0 bridgehead atoms. The highest BCUT2D eigenvalue weighted by atomic mass is 16.5. The average Bonchev–Trinajstić information content (AvgIpc) is 2.70. The van der Waals surface area contributed by atoms with Crippen LogP contribution in [0.4, 0.5) is 11.4 Å². The third-order valence-electron chi connectivity index (χ3n) is 3.97. The van der Waals surface area contributed by atoms with Crippen LogP contribution in [0.1, 0.15) is 24.2 Å². The van der Waals surface area contributed by atoms with Crippen LogP contribution in [0.3, 0.4) is 0 Å². The third kappa shape index (κ3) is 4.54. The quantitative estimate of drug-likeness (QED) is 0.671. The number of anilines is 2. The predicted octanol–water partition coefficient (Wildman–Crippen LogP) is 4.36. The number of para-hydroxylation sites is 2. The number of benzene rings is 2. The second kappa shape index (κ2) is 8.81. The molecule has 0 atom stereocenters. The molecule has 1 aromatic heterocycles. The molecule has 0 fully saturated rings. The van der Waals surface area contributed by atoms with Gasteiger partial charge < -0.3 is 15.4 Å². The smallest absolute Gasteiger partial charge is 0.255 e. The Kier molecular flexibility index (Phi) is 6.01. The van der Waals surface area contributed by atoms with Crippen LogP contribution in [0.15, 0.2) is 66.9 Å². The summed E-state index contributed by atoms with van der Waals surface area (Å²) in [5.41, 5.74) is 3.20. The maximum Gasteiger partial charge on any atom is 0.255 e. The van der Waals surface area contributed by atoms with E-state index in [1.807, 2.05) is 25.1 Å². The van der Waals surface area contributed by atoms with Crippen molar-refractivity contribution in [3.8, 4) is 17.0 Å². The van der Waals surface area contributed by atoms with Crippen LogP contribution in [0.5, 0.6) is 5.75 Å². The van der Waals surface area contributed by atoms with Crippen molar-refractivity contribution in [2.45, 2.75) is 13.8 Å². The highest BCUT2D eigenvalue weighted by molar-refractivity contribution is 6.05. The largest absolute Gasteiger partial charge is 0.492 e. The molecule has 0 unspecified atom stereocenters. The van der Waals surface area contributed by atoms with E-state index in [0.29, 0.717) is 35.0 Å². The van der Waals surface area contributed by atoms with Crippen LogP contribution in [-0.2, 0) is 4.79 Å². The Hall–Kier alpha value is -3.67. The molecule has 0 saturated heterocycles. The van der Waals surface area contributed by atoms with Gasteiger partial charge in [0.2, 0.25) is 5.91 Å². The molecule has 0 spiro atoms. The summed E-state index contributed by atoms with van der Waals surface area (Å²) in [6.07, 6.45) is 1.66. The van der Waals surface area contributed by atoms with Crippen LogP contribution in [0.2, 0.25) is 0 Å². The Morgan fingerprint density at radius 2 is 1.64 bits per heavy atom. The number of pyridine rings is 1. The Morgan fingerprint density at radius 3 is 2.36 bits per heavy atom. The van der Waals surface area contributed by atoms with Gasteiger partial charge >= 0.3 is 0 Å². The van der Waals surface area contributed by atoms with Crippen molar-refractivity contribution >= 4 is 23.2 Å². The summed E-state index contributed by atoms with van der Waals surface area (Å²) in [4.78, 5) is 28.3. The van der Waals surface area contributed by atoms with Crippen LogP contribution in [0.25, 0.3) is 11.3 Å². The van der Waals surface area contributed by atoms with Gasteiger partial charge in [-0.15, -0.1) is 0 Å². The summed E-state index contributed by atoms with van der Waals surface area (Å²) in [7, 11) is 0. The maximum atomic E-state index is 12.6. The van der Waals surface area contributed by atoms with Crippen molar-refractivity contribution in [1.29, 1.82) is 0 Å². The first-order chi connectivity index (χ1) is 13.6. The second-order valence-electron chi connectivity index (χ2n) is 6.04. The number of carbonyl (C=O) groups excluding carboxylic acids is 2. The van der Waals surface area contributed by atoms with Gasteiger partial charge in [0, 0.05) is 24.2 Å². The van der Waals surface area contributed by atoms with Gasteiger partial charge in [-0.2, -0.15) is 0 Å². The molecule has 0 saturated carbocycles. The number of nitrogens with zero attached hydrogens (tertiary/aromatic N) is 1. The van der Waals surface area contributed by atoms with Gasteiger partial charge in [0.1, 0.15) is 5.75 Å². The van der Waals surface area contributed by atoms with Crippen LogP contribution in [0, 0.1) is 0 Å². The molecule has 6 heteroatoms. The Labute approximate surface area is 163 Å². The monoisotopic (exact) mass is 375 g/mol. The van der Waals surface area contributed by atoms with Gasteiger partial charge in [-0.3, -0.25) is 14.6 Å². The third-order valence-corrected chi connectivity index (χ3v) is 3.97. The summed E-state index contributed by atoms with van der Waals surface area (Å²) >= 11 is 0. The SMILES string of the molecule is CCOc1ccccc1NC(=O)c1ccc(-c2ncccc2NC(C)=O)cc1. The van der Waals surface area contributed by atoms with Gasteiger partial charge in [0.05, 0.1) is 23.7 Å². The minimum absolute atomic E-state index is 0.168. The number of nitrogens with one attached hydrogen (secondary N) is 2. The number of amides is 2. The van der Waals surface area contributed by atoms with E-state index >= 15 is 0 Å². The number of ether oxygens (including phenoxy) is 1. The number of carbonyl (C=O) groups is 2. The fourth-order valence-electron chi connectivity index (χ4n) is 2.75. The molecule has 3 aromatic rings. The first-order valence-corrected chi connectivity index (χ1v) is 8.94. The Morgan fingerprint density at radius 1 is 0.929 bits per heavy atom.